The van der Waals surface area contributed by atoms with Crippen molar-refractivity contribution in [3.05, 3.63) is 64.4 Å². The lowest BCUT2D eigenvalue weighted by Gasteiger charge is -2.13. The van der Waals surface area contributed by atoms with Gasteiger partial charge in [0.2, 0.25) is 0 Å². The van der Waals surface area contributed by atoms with Crippen LogP contribution in [0.1, 0.15) is 17.2 Å². The first-order chi connectivity index (χ1) is 11.0. The number of amides is 1. The van der Waals surface area contributed by atoms with E-state index < -0.39 is 17.8 Å². The van der Waals surface area contributed by atoms with Crippen LogP contribution in [0, 0.1) is 24.1 Å². The fraction of sp³-hybridized carbons (Fsp3) is 0.176. The molecule has 1 N–H and O–H groups in total. The van der Waals surface area contributed by atoms with Gasteiger partial charge in [-0.15, -0.1) is 0 Å². The summed E-state index contributed by atoms with van der Waals surface area (Å²) < 4.78 is 18.3. The van der Waals surface area contributed by atoms with Crippen LogP contribution in [0.3, 0.4) is 0 Å². The highest BCUT2D eigenvalue weighted by molar-refractivity contribution is 6.31. The predicted octanol–water partition coefficient (Wildman–Crippen LogP) is 3.55. The van der Waals surface area contributed by atoms with Crippen LogP contribution in [0.2, 0.25) is 5.02 Å². The number of nitrogens with one attached hydrogen (secondary N) is 1. The number of benzene rings is 2. The Kier molecular flexibility index (Phi) is 5.56. The summed E-state index contributed by atoms with van der Waals surface area (Å²) in [5.74, 6) is -0.343. The molecular weight excluding hydrogens is 319 g/mol. The van der Waals surface area contributed by atoms with Crippen molar-refractivity contribution in [3.63, 3.8) is 0 Å². The van der Waals surface area contributed by atoms with Gasteiger partial charge in [-0.1, -0.05) is 23.7 Å². The van der Waals surface area contributed by atoms with Gasteiger partial charge in [0.05, 0.1) is 6.07 Å². The molecule has 6 heteroatoms. The van der Waals surface area contributed by atoms with E-state index in [1.807, 2.05) is 13.0 Å². The molecule has 2 aromatic carbocycles. The third kappa shape index (κ3) is 4.70. The van der Waals surface area contributed by atoms with Crippen LogP contribution in [0.15, 0.2) is 42.5 Å². The average Bonchev–Trinajstić information content (AvgIpc) is 2.54. The van der Waals surface area contributed by atoms with Gasteiger partial charge in [0, 0.05) is 5.02 Å². The number of nitriles is 1. The van der Waals surface area contributed by atoms with E-state index in [-0.39, 0.29) is 6.61 Å². The number of hydrogen-bond acceptors (Lipinski definition) is 3. The van der Waals surface area contributed by atoms with Crippen molar-refractivity contribution in [1.82, 2.24) is 5.32 Å². The van der Waals surface area contributed by atoms with E-state index in [4.69, 9.17) is 21.6 Å². The number of carbonyl (C=O) groups excluding carboxylic acids is 1. The highest BCUT2D eigenvalue weighted by Gasteiger charge is 2.14. The zero-order chi connectivity index (χ0) is 16.8. The number of halogens is 2. The van der Waals surface area contributed by atoms with Crippen molar-refractivity contribution >= 4 is 17.5 Å². The molecule has 2 aromatic rings. The summed E-state index contributed by atoms with van der Waals surface area (Å²) in [6, 6.07) is 11.5. The summed E-state index contributed by atoms with van der Waals surface area (Å²) in [6.07, 6.45) is 0. The number of ether oxygens (including phenoxy) is 1. The molecule has 0 fully saturated rings. The van der Waals surface area contributed by atoms with Crippen molar-refractivity contribution < 1.29 is 13.9 Å². The third-order valence-corrected chi connectivity index (χ3v) is 3.56. The van der Waals surface area contributed by atoms with E-state index in [9.17, 15) is 9.18 Å². The van der Waals surface area contributed by atoms with E-state index in [0.29, 0.717) is 16.3 Å². The quantitative estimate of drug-likeness (QED) is 0.910. The summed E-state index contributed by atoms with van der Waals surface area (Å²) in [5.41, 5.74) is 1.34. The smallest absolute Gasteiger partial charge is 0.259 e. The fourth-order valence-corrected chi connectivity index (χ4v) is 2.02. The van der Waals surface area contributed by atoms with E-state index in [1.54, 1.807) is 18.2 Å². The minimum absolute atomic E-state index is 0.236. The summed E-state index contributed by atoms with van der Waals surface area (Å²) in [6.45, 7) is 1.59. The molecule has 0 bridgehead atoms. The summed E-state index contributed by atoms with van der Waals surface area (Å²) in [5, 5.41) is 12.3. The molecule has 0 spiro atoms. The molecule has 118 valence electrons. The Labute approximate surface area is 138 Å². The maximum Gasteiger partial charge on any atom is 0.259 e. The van der Waals surface area contributed by atoms with Gasteiger partial charge in [0.1, 0.15) is 17.6 Å². The number of carbonyl (C=O) groups is 1. The Morgan fingerprint density at radius 3 is 2.65 bits per heavy atom. The Balaban J connectivity index is 1.93. The molecule has 23 heavy (non-hydrogen) atoms. The minimum Gasteiger partial charge on any atom is -0.484 e. The zero-order valence-corrected chi connectivity index (χ0v) is 13.1. The number of aryl methyl sites for hydroxylation is 1. The Morgan fingerprint density at radius 1 is 1.35 bits per heavy atom. The number of hydrogen-bond donors (Lipinski definition) is 1. The molecule has 0 saturated heterocycles. The normalized spacial score (nSPS) is 11.4. The molecule has 0 heterocycles. The van der Waals surface area contributed by atoms with Gasteiger partial charge >= 0.3 is 0 Å². The fourth-order valence-electron chi connectivity index (χ4n) is 1.90. The molecule has 1 amide bonds. The molecule has 2 rings (SSSR count). The van der Waals surface area contributed by atoms with Gasteiger partial charge < -0.3 is 10.1 Å². The maximum atomic E-state index is 12.9. The third-order valence-electron chi connectivity index (χ3n) is 3.14. The van der Waals surface area contributed by atoms with Crippen molar-refractivity contribution in [2.75, 3.05) is 6.61 Å². The van der Waals surface area contributed by atoms with Crippen LogP contribution in [-0.4, -0.2) is 12.5 Å². The molecule has 0 radical (unpaired) electrons. The predicted molar refractivity (Wildman–Crippen MR) is 84.6 cm³/mol. The Bertz CT molecular complexity index is 741. The summed E-state index contributed by atoms with van der Waals surface area (Å²) >= 11 is 5.91. The van der Waals surface area contributed by atoms with Gasteiger partial charge in [-0.2, -0.15) is 5.26 Å². The highest BCUT2D eigenvalue weighted by atomic mass is 35.5. The molecule has 4 nitrogen and oxygen atoms in total. The topological polar surface area (TPSA) is 62.1 Å². The largest absolute Gasteiger partial charge is 0.484 e. The van der Waals surface area contributed by atoms with Crippen LogP contribution >= 0.6 is 11.6 Å². The number of rotatable bonds is 5. The van der Waals surface area contributed by atoms with Crippen LogP contribution in [0.4, 0.5) is 4.39 Å². The lowest BCUT2D eigenvalue weighted by Crippen LogP contribution is -2.32. The van der Waals surface area contributed by atoms with Gasteiger partial charge in [0.15, 0.2) is 6.61 Å². The molecule has 1 atom stereocenters. The second kappa shape index (κ2) is 7.61. The first kappa shape index (κ1) is 16.8. The minimum atomic E-state index is -0.862. The van der Waals surface area contributed by atoms with Crippen LogP contribution < -0.4 is 10.1 Å². The molecule has 0 aliphatic carbocycles. The molecule has 0 saturated carbocycles. The first-order valence-electron chi connectivity index (χ1n) is 6.83. The van der Waals surface area contributed by atoms with Crippen molar-refractivity contribution in [3.8, 4) is 11.8 Å². The van der Waals surface area contributed by atoms with Gasteiger partial charge in [0.25, 0.3) is 5.91 Å². The van der Waals surface area contributed by atoms with Crippen molar-refractivity contribution in [2.45, 2.75) is 13.0 Å². The van der Waals surface area contributed by atoms with Crippen molar-refractivity contribution in [1.29, 1.82) is 5.26 Å². The van der Waals surface area contributed by atoms with E-state index in [2.05, 4.69) is 5.32 Å². The maximum absolute atomic E-state index is 12.9. The monoisotopic (exact) mass is 332 g/mol. The van der Waals surface area contributed by atoms with Crippen LogP contribution in [-0.2, 0) is 4.79 Å². The summed E-state index contributed by atoms with van der Waals surface area (Å²) in [4.78, 5) is 11.9. The molecule has 0 unspecified atom stereocenters. The average molecular weight is 333 g/mol. The van der Waals surface area contributed by atoms with Crippen molar-refractivity contribution in [2.24, 2.45) is 0 Å². The highest BCUT2D eigenvalue weighted by Crippen LogP contribution is 2.21. The van der Waals surface area contributed by atoms with Gasteiger partial charge in [-0.05, 0) is 48.4 Å². The van der Waals surface area contributed by atoms with E-state index in [1.165, 1.54) is 24.3 Å². The van der Waals surface area contributed by atoms with Gasteiger partial charge in [-0.3, -0.25) is 4.79 Å². The second-order valence-corrected chi connectivity index (χ2v) is 5.29. The standard InChI is InChI=1S/C17H14ClFN2O2/c1-11-8-14(6-7-15(11)18)23-10-17(22)21-16(9-20)12-2-4-13(19)5-3-12/h2-8,16H,10H2,1H3,(H,21,22)/t16-/m1/s1. The Hall–Kier alpha value is -2.58. The van der Waals surface area contributed by atoms with Crippen LogP contribution in [0.5, 0.6) is 5.75 Å². The zero-order valence-electron chi connectivity index (χ0n) is 12.3. The van der Waals surface area contributed by atoms with E-state index >= 15 is 0 Å². The lowest BCUT2D eigenvalue weighted by molar-refractivity contribution is -0.123. The van der Waals surface area contributed by atoms with Gasteiger partial charge in [-0.25, -0.2) is 4.39 Å². The summed E-state index contributed by atoms with van der Waals surface area (Å²) in [7, 11) is 0. The van der Waals surface area contributed by atoms with Crippen LogP contribution in [0.25, 0.3) is 0 Å². The lowest BCUT2D eigenvalue weighted by atomic mass is 10.1. The molecule has 0 aromatic heterocycles. The first-order valence-corrected chi connectivity index (χ1v) is 7.21. The SMILES string of the molecule is Cc1cc(OCC(=O)N[C@H](C#N)c2ccc(F)cc2)ccc1Cl. The molecular formula is C17H14ClFN2O2. The molecule has 0 aliphatic rings. The number of nitrogens with zero attached hydrogens (tertiary/aromatic N) is 1. The molecule has 0 aliphatic heterocycles. The second-order valence-electron chi connectivity index (χ2n) is 4.88. The Morgan fingerprint density at radius 2 is 2.04 bits per heavy atom. The van der Waals surface area contributed by atoms with E-state index in [0.717, 1.165) is 5.56 Å².